The zero-order chi connectivity index (χ0) is 29.0. The molecule has 0 amide bonds. The molecule has 210 valence electrons. The largest absolute Gasteiger partial charge is 0.366 e. The number of aliphatic imine (C=N–C) groups is 1. The molecule has 0 saturated carbocycles. The molecule has 1 unspecified atom stereocenters. The van der Waals surface area contributed by atoms with E-state index in [1.807, 2.05) is 6.21 Å². The molecule has 43 heavy (non-hydrogen) atoms. The van der Waals surface area contributed by atoms with Crippen molar-refractivity contribution in [2.75, 3.05) is 0 Å². The van der Waals surface area contributed by atoms with Crippen LogP contribution in [-0.4, -0.2) is 12.4 Å². The number of nitrogens with one attached hydrogen (secondary N) is 1. The number of rotatable bonds is 7. The number of allylic oxidation sites excluding steroid dienone is 6. The second-order valence-corrected chi connectivity index (χ2v) is 11.4. The number of nitrogens with zero attached hydrogens (tertiary/aromatic N) is 1. The van der Waals surface area contributed by atoms with E-state index in [4.69, 9.17) is 4.99 Å². The molecule has 1 N–H and O–H groups in total. The van der Waals surface area contributed by atoms with Crippen molar-refractivity contribution in [2.24, 2.45) is 4.99 Å². The Kier molecular flexibility index (Phi) is 7.58. The van der Waals surface area contributed by atoms with Crippen LogP contribution in [0.1, 0.15) is 37.3 Å². The van der Waals surface area contributed by atoms with E-state index in [0.717, 1.165) is 24.0 Å². The van der Waals surface area contributed by atoms with Crippen LogP contribution >= 0.6 is 0 Å². The molecule has 0 fully saturated rings. The number of benzene rings is 5. The first-order chi connectivity index (χ1) is 21.3. The lowest BCUT2D eigenvalue weighted by Crippen LogP contribution is -2.27. The van der Waals surface area contributed by atoms with E-state index in [9.17, 15) is 0 Å². The molecule has 2 aliphatic rings. The van der Waals surface area contributed by atoms with E-state index in [0.29, 0.717) is 0 Å². The fourth-order valence-electron chi connectivity index (χ4n) is 6.38. The molecule has 1 heterocycles. The SMILES string of the molecule is CCCCc1ccc2c(-c3ccccc3)c3cc(C4=CNC(C5=CC=CC=CC5)N=C4)ccc3c(-c3ccccc3)c2c1. The molecule has 0 bridgehead atoms. The summed E-state index contributed by atoms with van der Waals surface area (Å²) in [6, 6.07) is 35.8. The van der Waals surface area contributed by atoms with Crippen LogP contribution in [0.5, 0.6) is 0 Å². The summed E-state index contributed by atoms with van der Waals surface area (Å²) in [5.74, 6) is 0. The summed E-state index contributed by atoms with van der Waals surface area (Å²) in [5, 5.41) is 8.70. The van der Waals surface area contributed by atoms with Gasteiger partial charge in [-0.05, 0) is 85.8 Å². The summed E-state index contributed by atoms with van der Waals surface area (Å²) in [7, 11) is 0. The molecular weight excluding hydrogens is 520 g/mol. The maximum atomic E-state index is 4.92. The Morgan fingerprint density at radius 1 is 0.698 bits per heavy atom. The first kappa shape index (κ1) is 26.9. The molecule has 1 atom stereocenters. The Bertz CT molecular complexity index is 1940. The first-order valence-corrected chi connectivity index (χ1v) is 15.5. The maximum absolute atomic E-state index is 4.92. The van der Waals surface area contributed by atoms with Crippen molar-refractivity contribution in [3.05, 3.63) is 150 Å². The fourth-order valence-corrected chi connectivity index (χ4v) is 6.38. The normalized spacial score (nSPS) is 16.2. The van der Waals surface area contributed by atoms with Crippen LogP contribution in [0.4, 0.5) is 0 Å². The fraction of sp³-hybridized carbons (Fsp3) is 0.146. The van der Waals surface area contributed by atoms with Gasteiger partial charge >= 0.3 is 0 Å². The van der Waals surface area contributed by atoms with Crippen LogP contribution in [0.2, 0.25) is 0 Å². The number of aryl methyl sites for hydroxylation is 1. The molecule has 2 nitrogen and oxygen atoms in total. The average Bonchev–Trinajstić information content (AvgIpc) is 3.37. The molecular formula is C41H36N2. The van der Waals surface area contributed by atoms with Crippen LogP contribution in [0.25, 0.3) is 49.4 Å². The molecule has 0 aromatic heterocycles. The summed E-state index contributed by atoms with van der Waals surface area (Å²) >= 11 is 0. The van der Waals surface area contributed by atoms with Gasteiger partial charge in [0.2, 0.25) is 0 Å². The van der Waals surface area contributed by atoms with Gasteiger partial charge in [-0.3, -0.25) is 4.99 Å². The third-order valence-electron chi connectivity index (χ3n) is 8.59. The van der Waals surface area contributed by atoms with Crippen molar-refractivity contribution in [3.8, 4) is 22.3 Å². The zero-order valence-corrected chi connectivity index (χ0v) is 24.6. The maximum Gasteiger partial charge on any atom is 0.140 e. The third-order valence-corrected chi connectivity index (χ3v) is 8.59. The second kappa shape index (κ2) is 12.1. The van der Waals surface area contributed by atoms with Crippen LogP contribution < -0.4 is 5.32 Å². The molecule has 2 heteroatoms. The Hall–Kier alpha value is -4.95. The van der Waals surface area contributed by atoms with E-state index < -0.39 is 0 Å². The van der Waals surface area contributed by atoms with Gasteiger partial charge in [0.1, 0.15) is 6.17 Å². The van der Waals surface area contributed by atoms with Crippen molar-refractivity contribution in [1.29, 1.82) is 0 Å². The monoisotopic (exact) mass is 556 g/mol. The van der Waals surface area contributed by atoms with Crippen molar-refractivity contribution in [2.45, 2.75) is 38.8 Å². The summed E-state index contributed by atoms with van der Waals surface area (Å²) < 4.78 is 0. The highest BCUT2D eigenvalue weighted by Gasteiger charge is 2.19. The summed E-state index contributed by atoms with van der Waals surface area (Å²) in [6.45, 7) is 2.26. The van der Waals surface area contributed by atoms with E-state index in [2.05, 4.69) is 146 Å². The smallest absolute Gasteiger partial charge is 0.140 e. The lowest BCUT2D eigenvalue weighted by atomic mass is 9.84. The van der Waals surface area contributed by atoms with Gasteiger partial charge in [-0.25, -0.2) is 0 Å². The van der Waals surface area contributed by atoms with Gasteiger partial charge in [-0.2, -0.15) is 0 Å². The molecule has 1 aliphatic heterocycles. The van der Waals surface area contributed by atoms with Gasteiger partial charge in [-0.1, -0.05) is 135 Å². The van der Waals surface area contributed by atoms with Gasteiger partial charge in [0.15, 0.2) is 0 Å². The van der Waals surface area contributed by atoms with Gasteiger partial charge in [-0.15, -0.1) is 0 Å². The number of hydrogen-bond acceptors (Lipinski definition) is 2. The number of unbranched alkanes of at least 4 members (excludes halogenated alkanes) is 1. The first-order valence-electron chi connectivity index (χ1n) is 15.5. The van der Waals surface area contributed by atoms with Crippen LogP contribution in [0.15, 0.2) is 144 Å². The van der Waals surface area contributed by atoms with E-state index >= 15 is 0 Å². The predicted octanol–water partition coefficient (Wildman–Crippen LogP) is 10.5. The summed E-state index contributed by atoms with van der Waals surface area (Å²) in [5.41, 5.74) is 10.00. The molecule has 5 aromatic rings. The van der Waals surface area contributed by atoms with Gasteiger partial charge in [0.25, 0.3) is 0 Å². The quantitative estimate of drug-likeness (QED) is 0.198. The highest BCUT2D eigenvalue weighted by atomic mass is 15.1. The minimum absolute atomic E-state index is 0.0352. The average molecular weight is 557 g/mol. The predicted molar refractivity (Wildman–Crippen MR) is 185 cm³/mol. The van der Waals surface area contributed by atoms with Gasteiger partial charge < -0.3 is 5.32 Å². The van der Waals surface area contributed by atoms with E-state index in [-0.39, 0.29) is 6.17 Å². The van der Waals surface area contributed by atoms with Crippen LogP contribution in [-0.2, 0) is 6.42 Å². The van der Waals surface area contributed by atoms with Crippen LogP contribution in [0, 0.1) is 0 Å². The zero-order valence-electron chi connectivity index (χ0n) is 24.6. The van der Waals surface area contributed by atoms with Crippen molar-refractivity contribution < 1.29 is 0 Å². The van der Waals surface area contributed by atoms with Gasteiger partial charge in [0, 0.05) is 18.0 Å². The summed E-state index contributed by atoms with van der Waals surface area (Å²) in [4.78, 5) is 4.92. The molecule has 7 rings (SSSR count). The Balaban J connectivity index is 1.43. The highest BCUT2D eigenvalue weighted by molar-refractivity contribution is 6.22. The third kappa shape index (κ3) is 5.37. The lowest BCUT2D eigenvalue weighted by Gasteiger charge is -2.22. The molecule has 5 aromatic carbocycles. The standard InChI is InChI=1S/C41H36N2/c1-2-3-14-29-21-23-35-37(25-29)39(30-15-10-6-11-16-30)36-24-22-33(26-38(36)40(35)31-17-12-7-13-18-31)34-27-42-41(43-28-34)32-19-8-4-5-9-20-32/h4-13,15-19,21-28,41-42H,2-3,14,20H2,1H3. The lowest BCUT2D eigenvalue weighted by molar-refractivity contribution is 0.684. The second-order valence-electron chi connectivity index (χ2n) is 11.4. The molecule has 0 saturated heterocycles. The Morgan fingerprint density at radius 2 is 1.40 bits per heavy atom. The van der Waals surface area contributed by atoms with Crippen molar-refractivity contribution in [1.82, 2.24) is 5.32 Å². The molecule has 0 spiro atoms. The highest BCUT2D eigenvalue weighted by Crippen LogP contribution is 2.44. The number of hydrogen-bond donors (Lipinski definition) is 1. The van der Waals surface area contributed by atoms with Crippen LogP contribution in [0.3, 0.4) is 0 Å². The number of fused-ring (bicyclic) bond motifs is 2. The summed E-state index contributed by atoms with van der Waals surface area (Å²) in [6.07, 6.45) is 19.1. The van der Waals surface area contributed by atoms with Crippen molar-refractivity contribution in [3.63, 3.8) is 0 Å². The van der Waals surface area contributed by atoms with E-state index in [1.165, 1.54) is 67.8 Å². The minimum atomic E-state index is -0.0352. The van der Waals surface area contributed by atoms with Gasteiger partial charge in [0.05, 0.1) is 0 Å². The van der Waals surface area contributed by atoms with Crippen molar-refractivity contribution >= 4 is 33.3 Å². The Morgan fingerprint density at radius 3 is 2.07 bits per heavy atom. The minimum Gasteiger partial charge on any atom is -0.366 e. The molecule has 1 aliphatic carbocycles. The topological polar surface area (TPSA) is 24.4 Å². The molecule has 0 radical (unpaired) electrons. The van der Waals surface area contributed by atoms with E-state index in [1.54, 1.807) is 0 Å². The Labute approximate surface area is 254 Å².